The van der Waals surface area contributed by atoms with Crippen molar-refractivity contribution in [3.8, 4) is 11.5 Å². The summed E-state index contributed by atoms with van der Waals surface area (Å²) >= 11 is 0. The Morgan fingerprint density at radius 2 is 1.37 bits per heavy atom. The van der Waals surface area contributed by atoms with Gasteiger partial charge in [0.05, 0.1) is 20.3 Å². The van der Waals surface area contributed by atoms with Gasteiger partial charge < -0.3 is 30.0 Å². The van der Waals surface area contributed by atoms with Gasteiger partial charge in [0.2, 0.25) is 5.91 Å². The predicted molar refractivity (Wildman–Crippen MR) is 140 cm³/mol. The standard InChI is InChI=1S/C28H36N2O8/c1-28(2,3)38-27(35)30-22(16-19-8-12-21(36-4)13-9-19)24(32)14-15-25(33)29-23(26(34)37-5)17-18-6-10-20(31)11-7-18/h6-13,22-23,31H,14-17H2,1-5H3,(H,29,33)(H,30,35)/t22-,23?/m0/s1. The molecule has 0 aliphatic carbocycles. The first-order chi connectivity index (χ1) is 17.9. The number of ketones is 1. The van der Waals surface area contributed by atoms with Gasteiger partial charge in [-0.1, -0.05) is 24.3 Å². The number of benzene rings is 2. The smallest absolute Gasteiger partial charge is 0.408 e. The number of carbonyl (C=O) groups is 4. The van der Waals surface area contributed by atoms with Gasteiger partial charge in [0.25, 0.3) is 0 Å². The first-order valence-electron chi connectivity index (χ1n) is 12.2. The van der Waals surface area contributed by atoms with Crippen molar-refractivity contribution in [2.24, 2.45) is 0 Å². The van der Waals surface area contributed by atoms with E-state index in [2.05, 4.69) is 10.6 Å². The van der Waals surface area contributed by atoms with Crippen LogP contribution in [0.15, 0.2) is 48.5 Å². The molecular formula is C28H36N2O8. The van der Waals surface area contributed by atoms with E-state index in [1.165, 1.54) is 19.2 Å². The second-order valence-electron chi connectivity index (χ2n) is 9.73. The van der Waals surface area contributed by atoms with Crippen LogP contribution < -0.4 is 15.4 Å². The highest BCUT2D eigenvalue weighted by molar-refractivity contribution is 5.92. The fourth-order valence-electron chi connectivity index (χ4n) is 3.57. The molecule has 2 atom stereocenters. The Morgan fingerprint density at radius 3 is 1.89 bits per heavy atom. The fraction of sp³-hybridized carbons (Fsp3) is 0.429. The minimum atomic E-state index is -0.970. The number of nitrogens with one attached hydrogen (secondary N) is 2. The average Bonchev–Trinajstić information content (AvgIpc) is 2.86. The second kappa shape index (κ2) is 14.0. The average molecular weight is 529 g/mol. The van der Waals surface area contributed by atoms with Crippen molar-refractivity contribution in [1.29, 1.82) is 0 Å². The van der Waals surface area contributed by atoms with Gasteiger partial charge in [0.1, 0.15) is 23.1 Å². The molecule has 0 spiro atoms. The highest BCUT2D eigenvalue weighted by Crippen LogP contribution is 2.15. The molecule has 0 saturated heterocycles. The van der Waals surface area contributed by atoms with Gasteiger partial charge in [-0.15, -0.1) is 0 Å². The van der Waals surface area contributed by atoms with Crippen LogP contribution in [0.5, 0.6) is 11.5 Å². The topological polar surface area (TPSA) is 140 Å². The van der Waals surface area contributed by atoms with Crippen LogP contribution in [0.25, 0.3) is 0 Å². The number of carbonyl (C=O) groups excluding carboxylic acids is 4. The Bertz CT molecular complexity index is 1090. The monoisotopic (exact) mass is 528 g/mol. The Morgan fingerprint density at radius 1 is 0.816 bits per heavy atom. The molecule has 206 valence electrons. The third kappa shape index (κ3) is 10.5. The summed E-state index contributed by atoms with van der Waals surface area (Å²) in [4.78, 5) is 50.4. The van der Waals surface area contributed by atoms with Crippen molar-refractivity contribution < 1.29 is 38.5 Å². The maximum absolute atomic E-state index is 13.1. The minimum absolute atomic E-state index is 0.0788. The van der Waals surface area contributed by atoms with E-state index in [0.717, 1.165) is 5.56 Å². The molecule has 10 heteroatoms. The predicted octanol–water partition coefficient (Wildman–Crippen LogP) is 3.09. The summed E-state index contributed by atoms with van der Waals surface area (Å²) in [5.41, 5.74) is 0.734. The SMILES string of the molecule is COC(=O)C(Cc1ccc(O)cc1)NC(=O)CCC(=O)[C@H](Cc1ccc(OC)cc1)NC(=O)OC(C)(C)C. The minimum Gasteiger partial charge on any atom is -0.508 e. The third-order valence-corrected chi connectivity index (χ3v) is 5.47. The summed E-state index contributed by atoms with van der Waals surface area (Å²) in [6.45, 7) is 5.15. The van der Waals surface area contributed by atoms with Crippen LogP contribution >= 0.6 is 0 Å². The number of aromatic hydroxyl groups is 1. The number of esters is 1. The number of phenols is 1. The molecule has 0 aliphatic rings. The van der Waals surface area contributed by atoms with Crippen molar-refractivity contribution in [3.63, 3.8) is 0 Å². The molecular weight excluding hydrogens is 492 g/mol. The molecule has 2 amide bonds. The molecule has 2 aromatic carbocycles. The number of alkyl carbamates (subject to hydrolysis) is 1. The molecule has 2 aromatic rings. The van der Waals surface area contributed by atoms with Gasteiger partial charge in [-0.05, 0) is 62.6 Å². The lowest BCUT2D eigenvalue weighted by Gasteiger charge is -2.23. The number of ether oxygens (including phenoxy) is 3. The fourth-order valence-corrected chi connectivity index (χ4v) is 3.57. The molecule has 10 nitrogen and oxygen atoms in total. The molecule has 0 aromatic heterocycles. The molecule has 1 unspecified atom stereocenters. The van der Waals surface area contributed by atoms with E-state index in [1.807, 2.05) is 0 Å². The molecule has 0 fully saturated rings. The number of methoxy groups -OCH3 is 2. The van der Waals surface area contributed by atoms with Crippen LogP contribution in [0.4, 0.5) is 4.79 Å². The number of rotatable bonds is 12. The van der Waals surface area contributed by atoms with E-state index in [1.54, 1.807) is 64.3 Å². The van der Waals surface area contributed by atoms with E-state index in [9.17, 15) is 24.3 Å². The molecule has 0 radical (unpaired) electrons. The maximum Gasteiger partial charge on any atom is 0.408 e. The quantitative estimate of drug-likeness (QED) is 0.357. The summed E-state index contributed by atoms with van der Waals surface area (Å²) in [5.74, 6) is -0.791. The normalized spacial score (nSPS) is 12.6. The van der Waals surface area contributed by atoms with Crippen molar-refractivity contribution in [2.75, 3.05) is 14.2 Å². The van der Waals surface area contributed by atoms with Crippen molar-refractivity contribution in [3.05, 3.63) is 59.7 Å². The summed E-state index contributed by atoms with van der Waals surface area (Å²) in [6.07, 6.45) is -0.775. The molecule has 0 bridgehead atoms. The highest BCUT2D eigenvalue weighted by Gasteiger charge is 2.26. The van der Waals surface area contributed by atoms with Gasteiger partial charge in [-0.3, -0.25) is 9.59 Å². The molecule has 38 heavy (non-hydrogen) atoms. The number of amides is 2. The number of hydrogen-bond acceptors (Lipinski definition) is 8. The number of phenolic OH excluding ortho intramolecular Hbond substituents is 1. The van der Waals surface area contributed by atoms with Crippen LogP contribution in [-0.4, -0.2) is 60.8 Å². The highest BCUT2D eigenvalue weighted by atomic mass is 16.6. The van der Waals surface area contributed by atoms with Crippen LogP contribution in [-0.2, 0) is 36.7 Å². The summed E-state index contributed by atoms with van der Waals surface area (Å²) in [7, 11) is 2.76. The molecule has 2 rings (SSSR count). The largest absolute Gasteiger partial charge is 0.508 e. The van der Waals surface area contributed by atoms with Crippen molar-refractivity contribution in [2.45, 2.75) is 64.1 Å². The first kappa shape index (κ1) is 30.1. The van der Waals surface area contributed by atoms with E-state index >= 15 is 0 Å². The van der Waals surface area contributed by atoms with Crippen LogP contribution in [0.3, 0.4) is 0 Å². The molecule has 0 heterocycles. The van der Waals surface area contributed by atoms with Crippen LogP contribution in [0, 0.1) is 0 Å². The van der Waals surface area contributed by atoms with E-state index in [4.69, 9.17) is 14.2 Å². The number of hydrogen-bond donors (Lipinski definition) is 3. The van der Waals surface area contributed by atoms with Crippen molar-refractivity contribution >= 4 is 23.8 Å². The Hall–Kier alpha value is -4.08. The van der Waals surface area contributed by atoms with Gasteiger partial charge in [0, 0.05) is 19.3 Å². The van der Waals surface area contributed by atoms with Gasteiger partial charge in [-0.2, -0.15) is 0 Å². The molecule has 3 N–H and O–H groups in total. The summed E-state index contributed by atoms with van der Waals surface area (Å²) in [6, 6.07) is 11.4. The zero-order valence-electron chi connectivity index (χ0n) is 22.4. The van der Waals surface area contributed by atoms with Crippen molar-refractivity contribution in [1.82, 2.24) is 10.6 Å². The third-order valence-electron chi connectivity index (χ3n) is 5.47. The lowest BCUT2D eigenvalue weighted by molar-refractivity contribution is -0.145. The summed E-state index contributed by atoms with van der Waals surface area (Å²) < 4.78 is 15.3. The van der Waals surface area contributed by atoms with E-state index < -0.39 is 35.7 Å². The lowest BCUT2D eigenvalue weighted by atomic mass is 9.99. The van der Waals surface area contributed by atoms with Gasteiger partial charge in [0.15, 0.2) is 5.78 Å². The maximum atomic E-state index is 13.1. The van der Waals surface area contributed by atoms with Gasteiger partial charge in [-0.25, -0.2) is 9.59 Å². The Kier molecular flexibility index (Phi) is 11.1. The van der Waals surface area contributed by atoms with Crippen LogP contribution in [0.1, 0.15) is 44.7 Å². The van der Waals surface area contributed by atoms with E-state index in [-0.39, 0.29) is 37.2 Å². The van der Waals surface area contributed by atoms with Crippen LogP contribution in [0.2, 0.25) is 0 Å². The zero-order chi connectivity index (χ0) is 28.3. The zero-order valence-corrected chi connectivity index (χ0v) is 22.4. The summed E-state index contributed by atoms with van der Waals surface area (Å²) in [5, 5.41) is 14.7. The number of Topliss-reactive ketones (excluding diaryl/α,β-unsaturated/α-hetero) is 1. The second-order valence-corrected chi connectivity index (χ2v) is 9.73. The van der Waals surface area contributed by atoms with Gasteiger partial charge >= 0.3 is 12.1 Å². The first-order valence-corrected chi connectivity index (χ1v) is 12.2. The molecule has 0 aliphatic heterocycles. The van der Waals surface area contributed by atoms with E-state index in [0.29, 0.717) is 11.3 Å². The Labute approximate surface area is 222 Å². The molecule has 0 saturated carbocycles. The Balaban J connectivity index is 2.05. The lowest BCUT2D eigenvalue weighted by Crippen LogP contribution is -2.46.